The fraction of sp³-hybridized carbons (Fsp3) is 0.423. The molecule has 0 bridgehead atoms. The van der Waals surface area contributed by atoms with Crippen LogP contribution >= 0.6 is 0 Å². The Morgan fingerprint density at radius 1 is 1.08 bits per heavy atom. The quantitative estimate of drug-likeness (QED) is 0.316. The molecule has 0 saturated carbocycles. The first-order chi connectivity index (χ1) is 18.3. The maximum absolute atomic E-state index is 12.7. The summed E-state index contributed by atoms with van der Waals surface area (Å²) in [6, 6.07) is 13.3. The molecule has 2 aliphatic rings. The van der Waals surface area contributed by atoms with Crippen LogP contribution in [0.25, 0.3) is 0 Å². The Morgan fingerprint density at radius 3 is 2.53 bits per heavy atom. The van der Waals surface area contributed by atoms with Crippen LogP contribution in [0.2, 0.25) is 0 Å². The minimum absolute atomic E-state index is 0.0536. The van der Waals surface area contributed by atoms with E-state index in [-0.39, 0.29) is 10.9 Å². The monoisotopic (exact) mass is 542 g/mol. The molecule has 2 aliphatic heterocycles. The Kier molecular flexibility index (Phi) is 9.19. The topological polar surface area (TPSA) is 152 Å². The number of carboxylic acid groups (broad SMARTS) is 1. The second kappa shape index (κ2) is 12.7. The Labute approximate surface area is 222 Å². The van der Waals surface area contributed by atoms with Crippen LogP contribution in [-0.4, -0.2) is 76.2 Å². The lowest BCUT2D eigenvalue weighted by Crippen LogP contribution is -2.49. The van der Waals surface area contributed by atoms with Gasteiger partial charge in [0.2, 0.25) is 10.0 Å². The highest BCUT2D eigenvalue weighted by molar-refractivity contribution is 7.89. The van der Waals surface area contributed by atoms with Crippen molar-refractivity contribution >= 4 is 33.5 Å². The fourth-order valence-corrected chi connectivity index (χ4v) is 5.68. The molecule has 0 aromatic heterocycles. The summed E-state index contributed by atoms with van der Waals surface area (Å²) >= 11 is 0. The third-order valence-corrected chi connectivity index (χ3v) is 8.01. The van der Waals surface area contributed by atoms with Crippen LogP contribution in [0, 0.1) is 0 Å². The lowest BCUT2D eigenvalue weighted by Gasteiger charge is -2.29. The Morgan fingerprint density at radius 2 is 1.84 bits per heavy atom. The summed E-state index contributed by atoms with van der Waals surface area (Å²) in [6.07, 6.45) is 4.27. The van der Waals surface area contributed by atoms with E-state index < -0.39 is 34.5 Å². The molecule has 1 saturated heterocycles. The third-order valence-electron chi connectivity index (χ3n) is 6.52. The molecule has 5 N–H and O–H groups in total. The first kappa shape index (κ1) is 27.4. The second-order valence-corrected chi connectivity index (χ2v) is 11.1. The number of aliphatic carboxylic acids is 1. The number of carbonyl (C=O) groups is 2. The van der Waals surface area contributed by atoms with Crippen LogP contribution in [-0.2, 0) is 14.8 Å². The summed E-state index contributed by atoms with van der Waals surface area (Å²) < 4.78 is 27.1. The van der Waals surface area contributed by atoms with Gasteiger partial charge in [0.25, 0.3) is 5.91 Å². The molecular formula is C26H34N6O5S. The Hall–Kier alpha value is -3.64. The van der Waals surface area contributed by atoms with Crippen LogP contribution in [0.1, 0.15) is 36.0 Å². The van der Waals surface area contributed by atoms with Crippen molar-refractivity contribution in [3.05, 3.63) is 60.2 Å². The van der Waals surface area contributed by atoms with E-state index in [1.807, 2.05) is 12.1 Å². The van der Waals surface area contributed by atoms with Gasteiger partial charge < -0.3 is 26.0 Å². The van der Waals surface area contributed by atoms with Crippen molar-refractivity contribution in [2.75, 3.05) is 37.6 Å². The van der Waals surface area contributed by atoms with Gasteiger partial charge in [0.05, 0.1) is 4.90 Å². The van der Waals surface area contributed by atoms with Crippen LogP contribution in [0.15, 0.2) is 64.5 Å². The number of carbonyl (C=O) groups excluding carboxylic acids is 1. The molecule has 0 radical (unpaired) electrons. The predicted octanol–water partition coefficient (Wildman–Crippen LogP) is 1.15. The molecule has 4 rings (SSSR count). The summed E-state index contributed by atoms with van der Waals surface area (Å²) in [7, 11) is -4.06. The normalized spacial score (nSPS) is 18.9. The van der Waals surface area contributed by atoms with E-state index in [1.165, 1.54) is 12.1 Å². The first-order valence-corrected chi connectivity index (χ1v) is 14.3. The number of amides is 1. The van der Waals surface area contributed by atoms with Crippen molar-refractivity contribution in [1.82, 2.24) is 20.7 Å². The van der Waals surface area contributed by atoms with E-state index >= 15 is 0 Å². The van der Waals surface area contributed by atoms with E-state index in [2.05, 4.69) is 30.6 Å². The highest BCUT2D eigenvalue weighted by atomic mass is 32.2. The average Bonchev–Trinajstić information content (AvgIpc) is 3.17. The summed E-state index contributed by atoms with van der Waals surface area (Å²) in [5.41, 5.74) is 1.35. The minimum atomic E-state index is -4.06. The maximum atomic E-state index is 12.7. The zero-order valence-electron chi connectivity index (χ0n) is 21.1. The third kappa shape index (κ3) is 7.45. The number of nitrogens with zero attached hydrogens (tertiary/aromatic N) is 2. The van der Waals surface area contributed by atoms with Crippen molar-refractivity contribution in [1.29, 1.82) is 0 Å². The zero-order valence-corrected chi connectivity index (χ0v) is 21.9. The lowest BCUT2D eigenvalue weighted by molar-refractivity contribution is -0.138. The molecular weight excluding hydrogens is 508 g/mol. The van der Waals surface area contributed by atoms with Crippen LogP contribution in [0.3, 0.4) is 0 Å². The molecule has 0 spiro atoms. The van der Waals surface area contributed by atoms with Crippen LogP contribution in [0.4, 0.5) is 5.69 Å². The molecule has 2 aromatic rings. The number of sulfonamides is 1. The first-order valence-electron chi connectivity index (χ1n) is 12.8. The smallest absolute Gasteiger partial charge is 0.323 e. The Bertz CT molecular complexity index is 1240. The number of carboxylic acids is 1. The van der Waals surface area contributed by atoms with Gasteiger partial charge in [-0.05, 0) is 62.1 Å². The van der Waals surface area contributed by atoms with Gasteiger partial charge in [0, 0.05) is 50.0 Å². The van der Waals surface area contributed by atoms with Gasteiger partial charge in [-0.2, -0.15) is 4.72 Å². The molecule has 2 heterocycles. The van der Waals surface area contributed by atoms with Gasteiger partial charge in [0.15, 0.2) is 5.96 Å². The molecule has 11 nitrogen and oxygen atoms in total. The molecule has 2 aromatic carbocycles. The lowest BCUT2D eigenvalue weighted by atomic mass is 10.1. The van der Waals surface area contributed by atoms with E-state index in [1.54, 1.807) is 30.3 Å². The van der Waals surface area contributed by atoms with Crippen LogP contribution in [0.5, 0.6) is 0 Å². The maximum Gasteiger partial charge on any atom is 0.323 e. The molecule has 0 aliphatic carbocycles. The number of benzene rings is 2. The summed E-state index contributed by atoms with van der Waals surface area (Å²) in [5.74, 6) is -1.02. The summed E-state index contributed by atoms with van der Waals surface area (Å²) in [6.45, 7) is 3.08. The number of nitrogens with one attached hydrogen (secondary N) is 4. The molecule has 12 heteroatoms. The highest BCUT2D eigenvalue weighted by Crippen LogP contribution is 2.20. The van der Waals surface area contributed by atoms with Gasteiger partial charge in [-0.25, -0.2) is 8.42 Å². The van der Waals surface area contributed by atoms with Gasteiger partial charge in [0.1, 0.15) is 6.04 Å². The van der Waals surface area contributed by atoms with E-state index in [4.69, 9.17) is 0 Å². The SMILES string of the molecule is O=C(NC[C@H](NS(=O)(=O)c1ccccc1)C(=O)O)c1ccc(N2CCCC[C@H](NC3=NCCCN3)C2)cc1. The number of anilines is 1. The Balaban J connectivity index is 1.34. The van der Waals surface area contributed by atoms with E-state index in [0.29, 0.717) is 5.56 Å². The van der Waals surface area contributed by atoms with Crippen molar-refractivity contribution < 1.29 is 23.1 Å². The second-order valence-electron chi connectivity index (χ2n) is 9.38. The largest absolute Gasteiger partial charge is 0.480 e. The molecule has 204 valence electrons. The molecule has 1 amide bonds. The van der Waals surface area contributed by atoms with Crippen LogP contribution < -0.4 is 25.6 Å². The number of hydrogen-bond acceptors (Lipinski definition) is 8. The predicted molar refractivity (Wildman–Crippen MR) is 145 cm³/mol. The number of hydrogen-bond donors (Lipinski definition) is 5. The molecule has 0 unspecified atom stereocenters. The number of guanidine groups is 1. The van der Waals surface area contributed by atoms with Crippen molar-refractivity contribution in [2.45, 2.75) is 42.7 Å². The van der Waals surface area contributed by atoms with Gasteiger partial charge in [-0.1, -0.05) is 18.2 Å². The minimum Gasteiger partial charge on any atom is -0.480 e. The van der Waals surface area contributed by atoms with Crippen molar-refractivity contribution in [2.24, 2.45) is 4.99 Å². The summed E-state index contributed by atoms with van der Waals surface area (Å²) in [5, 5.41) is 18.9. The summed E-state index contributed by atoms with van der Waals surface area (Å²) in [4.78, 5) is 31.1. The van der Waals surface area contributed by atoms with Gasteiger partial charge >= 0.3 is 5.97 Å². The average molecular weight is 543 g/mol. The number of rotatable bonds is 9. The molecule has 2 atom stereocenters. The van der Waals surface area contributed by atoms with Crippen molar-refractivity contribution in [3.63, 3.8) is 0 Å². The molecule has 1 fully saturated rings. The zero-order chi connectivity index (χ0) is 27.0. The van der Waals surface area contributed by atoms with Gasteiger partial charge in [-0.15, -0.1) is 0 Å². The molecule has 38 heavy (non-hydrogen) atoms. The standard InChI is InChI=1S/C26H34N6O5S/c33-24(29-17-23(25(34)35)31-38(36,37)22-8-2-1-3-9-22)19-10-12-21(13-11-19)32-16-5-4-7-20(18-32)30-26-27-14-6-15-28-26/h1-3,8-13,20,23,31H,4-7,14-18H2,(H,29,33)(H,34,35)(H2,27,28,30)/t20-,23-/m0/s1. The van der Waals surface area contributed by atoms with E-state index in [0.717, 1.165) is 63.5 Å². The fourth-order valence-electron chi connectivity index (χ4n) is 4.47. The van der Waals surface area contributed by atoms with E-state index in [9.17, 15) is 23.1 Å². The van der Waals surface area contributed by atoms with Crippen molar-refractivity contribution in [3.8, 4) is 0 Å². The number of aliphatic imine (C=N–C) groups is 1. The van der Waals surface area contributed by atoms with Gasteiger partial charge in [-0.3, -0.25) is 14.6 Å². The highest BCUT2D eigenvalue weighted by Gasteiger charge is 2.26.